The van der Waals surface area contributed by atoms with Gasteiger partial charge in [-0.2, -0.15) is 0 Å². The summed E-state index contributed by atoms with van der Waals surface area (Å²) in [4.78, 5) is 26.8. The fourth-order valence-electron chi connectivity index (χ4n) is 2.30. The van der Waals surface area contributed by atoms with Gasteiger partial charge in [0.05, 0.1) is 4.92 Å². The number of fused-ring (bicyclic) bond motifs is 1. The maximum atomic E-state index is 11.9. The highest BCUT2D eigenvalue weighted by Gasteiger charge is 2.18. The number of pyridine rings is 1. The molecule has 0 spiro atoms. The Morgan fingerprint density at radius 1 is 1.24 bits per heavy atom. The minimum atomic E-state index is -0.466. The van der Waals surface area contributed by atoms with Crippen molar-refractivity contribution in [3.8, 4) is 11.3 Å². The summed E-state index contributed by atoms with van der Waals surface area (Å²) < 4.78 is 1.69. The van der Waals surface area contributed by atoms with Gasteiger partial charge < -0.3 is 0 Å². The Bertz CT molecular complexity index is 867. The summed E-state index contributed by atoms with van der Waals surface area (Å²) in [5, 5.41) is 10.9. The molecule has 21 heavy (non-hydrogen) atoms. The van der Waals surface area contributed by atoms with E-state index in [0.29, 0.717) is 22.6 Å². The van der Waals surface area contributed by atoms with Crippen LogP contribution in [0.3, 0.4) is 0 Å². The Morgan fingerprint density at radius 2 is 2.05 bits per heavy atom. The van der Waals surface area contributed by atoms with Crippen LogP contribution in [0.25, 0.3) is 16.9 Å². The fraction of sp³-hybridized carbons (Fsp3) is 0.0667. The van der Waals surface area contributed by atoms with Crippen LogP contribution >= 0.6 is 0 Å². The molecular weight excluding hydrogens is 270 g/mol. The zero-order chi connectivity index (χ0) is 15.0. The number of nitrogens with zero attached hydrogens (tertiary/aromatic N) is 3. The Kier molecular flexibility index (Phi) is 2.98. The van der Waals surface area contributed by atoms with E-state index in [9.17, 15) is 14.9 Å². The second-order valence-electron chi connectivity index (χ2n) is 4.60. The SMILES string of the molecule is CC(=O)c1c(-c2cccc([N+](=O)[O-])c2)nc2ccccn12. The number of rotatable bonds is 3. The molecule has 0 amide bonds. The highest BCUT2D eigenvalue weighted by Crippen LogP contribution is 2.27. The molecular formula is C15H11N3O3. The van der Waals surface area contributed by atoms with Gasteiger partial charge in [0, 0.05) is 30.8 Å². The predicted octanol–water partition coefficient (Wildman–Crippen LogP) is 3.11. The van der Waals surface area contributed by atoms with Crippen LogP contribution in [0, 0.1) is 10.1 Å². The van der Waals surface area contributed by atoms with Crippen molar-refractivity contribution < 1.29 is 9.72 Å². The summed E-state index contributed by atoms with van der Waals surface area (Å²) >= 11 is 0. The minimum Gasteiger partial charge on any atom is -0.297 e. The van der Waals surface area contributed by atoms with Gasteiger partial charge in [-0.1, -0.05) is 18.2 Å². The van der Waals surface area contributed by atoms with E-state index in [1.165, 1.54) is 19.1 Å². The van der Waals surface area contributed by atoms with E-state index in [1.54, 1.807) is 34.9 Å². The summed E-state index contributed by atoms with van der Waals surface area (Å²) in [6.07, 6.45) is 1.75. The lowest BCUT2D eigenvalue weighted by atomic mass is 10.1. The van der Waals surface area contributed by atoms with E-state index >= 15 is 0 Å². The van der Waals surface area contributed by atoms with E-state index in [2.05, 4.69) is 4.98 Å². The van der Waals surface area contributed by atoms with E-state index in [0.717, 1.165) is 0 Å². The van der Waals surface area contributed by atoms with Gasteiger partial charge in [0.25, 0.3) is 5.69 Å². The number of carbonyl (C=O) groups excluding carboxylic acids is 1. The van der Waals surface area contributed by atoms with Crippen LogP contribution in [-0.4, -0.2) is 20.1 Å². The molecule has 0 aliphatic rings. The lowest BCUT2D eigenvalue weighted by molar-refractivity contribution is -0.384. The van der Waals surface area contributed by atoms with E-state index < -0.39 is 4.92 Å². The number of nitro groups is 1. The molecule has 0 saturated heterocycles. The maximum Gasteiger partial charge on any atom is 0.270 e. The molecule has 0 fully saturated rings. The molecule has 6 nitrogen and oxygen atoms in total. The van der Waals surface area contributed by atoms with Crippen LogP contribution in [0.15, 0.2) is 48.7 Å². The Labute approximate surface area is 119 Å². The molecule has 0 atom stereocenters. The molecule has 2 heterocycles. The second kappa shape index (κ2) is 4.82. The van der Waals surface area contributed by atoms with Gasteiger partial charge in [-0.25, -0.2) is 4.98 Å². The first-order valence-corrected chi connectivity index (χ1v) is 6.31. The number of hydrogen-bond acceptors (Lipinski definition) is 4. The Morgan fingerprint density at radius 3 is 2.76 bits per heavy atom. The zero-order valence-electron chi connectivity index (χ0n) is 11.2. The van der Waals surface area contributed by atoms with Crippen molar-refractivity contribution in [1.82, 2.24) is 9.38 Å². The first kappa shape index (κ1) is 13.0. The monoisotopic (exact) mass is 281 g/mol. The van der Waals surface area contributed by atoms with Crippen molar-refractivity contribution in [2.45, 2.75) is 6.92 Å². The Balaban J connectivity index is 2.29. The number of ketones is 1. The molecule has 0 aliphatic carbocycles. The predicted molar refractivity (Wildman–Crippen MR) is 77.3 cm³/mol. The van der Waals surface area contributed by atoms with E-state index in [-0.39, 0.29) is 11.5 Å². The van der Waals surface area contributed by atoms with Crippen LogP contribution in [0.2, 0.25) is 0 Å². The number of non-ortho nitro benzene ring substituents is 1. The highest BCUT2D eigenvalue weighted by molar-refractivity contribution is 5.99. The van der Waals surface area contributed by atoms with Crippen molar-refractivity contribution in [3.05, 3.63) is 64.5 Å². The van der Waals surface area contributed by atoms with Crippen LogP contribution in [-0.2, 0) is 0 Å². The summed E-state index contributed by atoms with van der Waals surface area (Å²) in [7, 11) is 0. The molecule has 104 valence electrons. The zero-order valence-corrected chi connectivity index (χ0v) is 11.2. The second-order valence-corrected chi connectivity index (χ2v) is 4.60. The van der Waals surface area contributed by atoms with Crippen molar-refractivity contribution in [2.75, 3.05) is 0 Å². The molecule has 0 N–H and O–H groups in total. The van der Waals surface area contributed by atoms with Gasteiger partial charge >= 0.3 is 0 Å². The van der Waals surface area contributed by atoms with Gasteiger partial charge in [0.1, 0.15) is 17.0 Å². The van der Waals surface area contributed by atoms with Gasteiger partial charge in [0.15, 0.2) is 5.78 Å². The number of hydrogen-bond donors (Lipinski definition) is 0. The molecule has 0 unspecified atom stereocenters. The first-order valence-electron chi connectivity index (χ1n) is 6.31. The fourth-order valence-corrected chi connectivity index (χ4v) is 2.30. The molecule has 6 heteroatoms. The molecule has 0 aliphatic heterocycles. The van der Waals surface area contributed by atoms with Gasteiger partial charge in [-0.05, 0) is 12.1 Å². The smallest absolute Gasteiger partial charge is 0.270 e. The largest absolute Gasteiger partial charge is 0.297 e. The molecule has 2 aromatic heterocycles. The number of imidazole rings is 1. The van der Waals surface area contributed by atoms with Gasteiger partial charge in [-0.15, -0.1) is 0 Å². The molecule has 0 bridgehead atoms. The summed E-state index contributed by atoms with van der Waals surface area (Å²) in [6.45, 7) is 1.46. The van der Waals surface area contributed by atoms with Crippen molar-refractivity contribution in [1.29, 1.82) is 0 Å². The average Bonchev–Trinajstić information content (AvgIpc) is 2.87. The van der Waals surface area contributed by atoms with Crippen LogP contribution in [0.4, 0.5) is 5.69 Å². The molecule has 0 radical (unpaired) electrons. The number of Topliss-reactive ketones (excluding diaryl/α,β-unsaturated/α-hetero) is 1. The maximum absolute atomic E-state index is 11.9. The lowest BCUT2D eigenvalue weighted by Crippen LogP contribution is -2.00. The molecule has 1 aromatic carbocycles. The number of benzene rings is 1. The molecule has 3 rings (SSSR count). The van der Waals surface area contributed by atoms with Gasteiger partial charge in [-0.3, -0.25) is 19.3 Å². The van der Waals surface area contributed by atoms with E-state index in [4.69, 9.17) is 0 Å². The summed E-state index contributed by atoms with van der Waals surface area (Å²) in [5.41, 5.74) is 2.03. The number of aromatic nitrogens is 2. The number of nitro benzene ring substituents is 1. The van der Waals surface area contributed by atoms with Crippen molar-refractivity contribution in [3.63, 3.8) is 0 Å². The number of carbonyl (C=O) groups is 1. The third-order valence-electron chi connectivity index (χ3n) is 3.19. The standard InChI is InChI=1S/C15H11N3O3/c1-10(19)15-14(16-13-7-2-3-8-17(13)15)11-5-4-6-12(9-11)18(20)21/h2-9H,1H3. The first-order chi connectivity index (χ1) is 10.1. The Hall–Kier alpha value is -3.02. The lowest BCUT2D eigenvalue weighted by Gasteiger charge is -2.01. The quantitative estimate of drug-likeness (QED) is 0.420. The normalized spacial score (nSPS) is 10.7. The minimum absolute atomic E-state index is 0.0286. The molecule has 3 aromatic rings. The summed E-state index contributed by atoms with van der Waals surface area (Å²) in [6, 6.07) is 11.5. The van der Waals surface area contributed by atoms with Crippen molar-refractivity contribution >= 4 is 17.1 Å². The van der Waals surface area contributed by atoms with Gasteiger partial charge in [0.2, 0.25) is 0 Å². The van der Waals surface area contributed by atoms with Crippen LogP contribution in [0.5, 0.6) is 0 Å². The third kappa shape index (κ3) is 2.16. The highest BCUT2D eigenvalue weighted by atomic mass is 16.6. The topological polar surface area (TPSA) is 77.5 Å². The summed E-state index contributed by atoms with van der Waals surface area (Å²) in [5.74, 6) is -0.143. The molecule has 0 saturated carbocycles. The average molecular weight is 281 g/mol. The van der Waals surface area contributed by atoms with Crippen molar-refractivity contribution in [2.24, 2.45) is 0 Å². The van der Waals surface area contributed by atoms with E-state index in [1.807, 2.05) is 6.07 Å². The third-order valence-corrected chi connectivity index (χ3v) is 3.19. The van der Waals surface area contributed by atoms with Crippen LogP contribution < -0.4 is 0 Å². The van der Waals surface area contributed by atoms with Crippen LogP contribution in [0.1, 0.15) is 17.4 Å².